The van der Waals surface area contributed by atoms with Gasteiger partial charge in [0.2, 0.25) is 11.8 Å². The second-order valence-electron chi connectivity index (χ2n) is 14.9. The summed E-state index contributed by atoms with van der Waals surface area (Å²) in [6, 6.07) is -1.81. The summed E-state index contributed by atoms with van der Waals surface area (Å²) in [5.74, 6) is -2.93. The topological polar surface area (TPSA) is 286 Å². The molecule has 0 bridgehead atoms. The molecule has 2 fully saturated rings. The number of carbonyl (C=O) groups is 5. The zero-order valence-corrected chi connectivity index (χ0v) is 34.0. The van der Waals surface area contributed by atoms with Gasteiger partial charge in [0.25, 0.3) is 0 Å². The predicted molar refractivity (Wildman–Crippen MR) is 209 cm³/mol. The van der Waals surface area contributed by atoms with E-state index in [4.69, 9.17) is 14.2 Å². The van der Waals surface area contributed by atoms with Gasteiger partial charge in [-0.25, -0.2) is 14.4 Å². The number of anilines is 2. The highest BCUT2D eigenvalue weighted by Gasteiger charge is 2.50. The number of carbonyl (C=O) groups excluding carboxylic acids is 4. The average Bonchev–Trinajstić information content (AvgIpc) is 3.22. The van der Waals surface area contributed by atoms with E-state index in [2.05, 4.69) is 31.9 Å². The first-order chi connectivity index (χ1) is 30.1. The van der Waals surface area contributed by atoms with Crippen LogP contribution in [0.5, 0.6) is 0 Å². The van der Waals surface area contributed by atoms with E-state index >= 15 is 0 Å². The van der Waals surface area contributed by atoms with Gasteiger partial charge in [-0.2, -0.15) is 26.3 Å². The van der Waals surface area contributed by atoms with E-state index in [-0.39, 0.29) is 17.8 Å². The fourth-order valence-corrected chi connectivity index (χ4v) is 6.83. The Morgan fingerprint density at radius 2 is 1.34 bits per heavy atom. The van der Waals surface area contributed by atoms with Crippen molar-refractivity contribution >= 4 is 41.2 Å². The summed E-state index contributed by atoms with van der Waals surface area (Å²) in [7, 11) is 0. The van der Waals surface area contributed by atoms with E-state index in [0.717, 1.165) is 42.8 Å². The second-order valence-corrected chi connectivity index (χ2v) is 14.9. The standard InChI is InChI=1S/C39H50F6N6O13/c1-2-3-4-11-27(54)48-23(34(58)59)12-13-28(55)50-29-25(16-52)62-18-24(49-36(60)46-21-9-5-7-19(14-21)38(40,41)42)33(29)64-35-30(32(57)31(56)26(17-53)63-35)51-37(61)47-22-10-6-8-20(15-22)39(43,44)45/h5-10,14-15,23-26,29-33,35,52-53,56-57H,2-4,11-13,16-18H2,1H3,(H,48,54)(H,50,55)(H,58,59)(H2,46,49,60)(H2,47,51,61)/t23-,24?,25?,26?,29+,30?,31-,32?,33?,35+/m1/s1. The summed E-state index contributed by atoms with van der Waals surface area (Å²) < 4.78 is 97.9. The van der Waals surface area contributed by atoms with Crippen molar-refractivity contribution in [1.29, 1.82) is 0 Å². The number of rotatable bonds is 18. The van der Waals surface area contributed by atoms with Crippen molar-refractivity contribution in [2.75, 3.05) is 30.5 Å². The van der Waals surface area contributed by atoms with Crippen LogP contribution < -0.4 is 31.9 Å². The van der Waals surface area contributed by atoms with Crippen LogP contribution >= 0.6 is 0 Å². The van der Waals surface area contributed by atoms with Gasteiger partial charge in [-0.05, 0) is 49.2 Å². The molecule has 4 rings (SSSR count). The molecule has 2 aliphatic rings. The molecule has 6 amide bonds. The Bertz CT molecular complexity index is 1910. The minimum Gasteiger partial charge on any atom is -0.480 e. The molecule has 0 aliphatic carbocycles. The zero-order chi connectivity index (χ0) is 47.4. The highest BCUT2D eigenvalue weighted by molar-refractivity contribution is 5.90. The summed E-state index contributed by atoms with van der Waals surface area (Å²) in [4.78, 5) is 64.4. The number of hydrogen-bond donors (Lipinski definition) is 11. The summed E-state index contributed by atoms with van der Waals surface area (Å²) in [6.45, 7) is -0.469. The van der Waals surface area contributed by atoms with Crippen LogP contribution in [0.4, 0.5) is 47.3 Å². The maximum Gasteiger partial charge on any atom is 0.416 e. The van der Waals surface area contributed by atoms with E-state index < -0.39 is 147 Å². The first-order valence-electron chi connectivity index (χ1n) is 20.0. The number of nitrogens with one attached hydrogen (secondary N) is 6. The van der Waals surface area contributed by atoms with Gasteiger partial charge < -0.3 is 71.6 Å². The van der Waals surface area contributed by atoms with Crippen LogP contribution in [0.2, 0.25) is 0 Å². The Morgan fingerprint density at radius 1 is 0.766 bits per heavy atom. The van der Waals surface area contributed by atoms with Gasteiger partial charge in [0.1, 0.15) is 42.6 Å². The first kappa shape index (κ1) is 51.3. The Balaban J connectivity index is 1.64. The van der Waals surface area contributed by atoms with Crippen LogP contribution in [0.3, 0.4) is 0 Å². The Kier molecular flexibility index (Phi) is 18.5. The Hall–Kier alpha value is -5.31. The second kappa shape index (κ2) is 23.0. The molecule has 64 heavy (non-hydrogen) atoms. The average molecular weight is 925 g/mol. The number of unbranched alkanes of at least 4 members (excludes halogenated alkanes) is 2. The number of aliphatic hydroxyl groups is 4. The zero-order valence-electron chi connectivity index (χ0n) is 34.0. The molecule has 2 saturated heterocycles. The van der Waals surface area contributed by atoms with Crippen LogP contribution in [0.15, 0.2) is 48.5 Å². The van der Waals surface area contributed by atoms with Crippen molar-refractivity contribution in [3.63, 3.8) is 0 Å². The fourth-order valence-electron chi connectivity index (χ4n) is 6.83. The lowest BCUT2D eigenvalue weighted by molar-refractivity contribution is -0.293. The predicted octanol–water partition coefficient (Wildman–Crippen LogP) is 2.03. The minimum atomic E-state index is -4.79. The van der Waals surface area contributed by atoms with Gasteiger partial charge in [-0.1, -0.05) is 31.9 Å². The number of ether oxygens (including phenoxy) is 3. The quantitative estimate of drug-likeness (QED) is 0.0755. The molecule has 11 N–H and O–H groups in total. The Labute approximate surface area is 361 Å². The lowest BCUT2D eigenvalue weighted by Gasteiger charge is -2.47. The highest BCUT2D eigenvalue weighted by atomic mass is 19.4. The van der Waals surface area contributed by atoms with Crippen molar-refractivity contribution in [2.24, 2.45) is 0 Å². The van der Waals surface area contributed by atoms with E-state index in [1.807, 2.05) is 6.92 Å². The molecule has 6 unspecified atom stereocenters. The molecule has 2 heterocycles. The van der Waals surface area contributed by atoms with Crippen LogP contribution in [0, 0.1) is 0 Å². The number of alkyl halides is 6. The number of urea groups is 2. The van der Waals surface area contributed by atoms with Crippen LogP contribution in [-0.2, 0) is 40.9 Å². The van der Waals surface area contributed by atoms with E-state index in [1.165, 1.54) is 0 Å². The van der Waals surface area contributed by atoms with Gasteiger partial charge in [-0.3, -0.25) is 9.59 Å². The molecule has 19 nitrogen and oxygen atoms in total. The van der Waals surface area contributed by atoms with Gasteiger partial charge >= 0.3 is 30.4 Å². The van der Waals surface area contributed by atoms with E-state index in [1.54, 1.807) is 0 Å². The maximum atomic E-state index is 13.5. The smallest absolute Gasteiger partial charge is 0.416 e. The molecule has 10 atom stereocenters. The number of carboxylic acids is 1. The largest absolute Gasteiger partial charge is 0.480 e. The third-order valence-corrected chi connectivity index (χ3v) is 10.1. The molecule has 356 valence electrons. The number of hydrogen-bond acceptors (Lipinski definition) is 12. The van der Waals surface area contributed by atoms with Crippen molar-refractivity contribution in [3.8, 4) is 0 Å². The monoisotopic (exact) mass is 924 g/mol. The molecule has 2 aromatic carbocycles. The number of aliphatic carboxylic acids is 1. The molecule has 0 radical (unpaired) electrons. The third-order valence-electron chi connectivity index (χ3n) is 10.1. The summed E-state index contributed by atoms with van der Waals surface area (Å²) >= 11 is 0. The van der Waals surface area contributed by atoms with Gasteiger partial charge in [0, 0.05) is 24.2 Å². The molecular weight excluding hydrogens is 874 g/mol. The van der Waals surface area contributed by atoms with Crippen molar-refractivity contribution in [3.05, 3.63) is 59.7 Å². The molecule has 2 aromatic rings. The SMILES string of the molecule is CCCCCC(=O)N[C@H](CCC(=O)N[C@H]1C(CO)OCC(NC(=O)Nc2cccc(C(F)(F)F)c2)C1O[C@@H]1OC(CO)[C@@H](O)C(O)C1NC(=O)Nc1cccc(C(F)(F)F)c1)C(=O)O. The lowest BCUT2D eigenvalue weighted by atomic mass is 9.93. The summed E-state index contributed by atoms with van der Waals surface area (Å²) in [5, 5.41) is 65.9. The van der Waals surface area contributed by atoms with Crippen LogP contribution in [0.1, 0.15) is 56.6 Å². The van der Waals surface area contributed by atoms with Crippen molar-refractivity contribution in [1.82, 2.24) is 21.3 Å². The van der Waals surface area contributed by atoms with Crippen molar-refractivity contribution < 1.29 is 90.1 Å². The highest BCUT2D eigenvalue weighted by Crippen LogP contribution is 2.33. The summed E-state index contributed by atoms with van der Waals surface area (Å²) in [5.41, 5.74) is -2.91. The fraction of sp³-hybridized carbons (Fsp3) is 0.564. The first-order valence-corrected chi connectivity index (χ1v) is 20.0. The third kappa shape index (κ3) is 14.6. The van der Waals surface area contributed by atoms with Gasteiger partial charge in [-0.15, -0.1) is 0 Å². The molecule has 0 aromatic heterocycles. The molecule has 25 heteroatoms. The van der Waals surface area contributed by atoms with Crippen LogP contribution in [-0.4, -0.2) is 136 Å². The normalized spacial score (nSPS) is 25.3. The molecule has 2 aliphatic heterocycles. The van der Waals surface area contributed by atoms with Gasteiger partial charge in [0.15, 0.2) is 6.29 Å². The summed E-state index contributed by atoms with van der Waals surface area (Å²) in [6.07, 6.45) is -19.2. The number of halogens is 6. The molecule has 0 saturated carbocycles. The number of carboxylic acid groups (broad SMARTS) is 1. The maximum absolute atomic E-state index is 13.5. The number of aliphatic hydroxyl groups excluding tert-OH is 4. The minimum absolute atomic E-state index is 0.0328. The van der Waals surface area contributed by atoms with E-state index in [0.29, 0.717) is 25.0 Å². The van der Waals surface area contributed by atoms with Crippen LogP contribution in [0.25, 0.3) is 0 Å². The molecule has 0 spiro atoms. The number of benzene rings is 2. The van der Waals surface area contributed by atoms with E-state index in [9.17, 15) is 75.8 Å². The lowest BCUT2D eigenvalue weighted by Crippen LogP contribution is -2.70. The van der Waals surface area contributed by atoms with Crippen molar-refractivity contribution in [2.45, 2.75) is 119 Å². The van der Waals surface area contributed by atoms with Gasteiger partial charge in [0.05, 0.1) is 43.0 Å². The number of amides is 6. The molecular formula is C39H50F6N6O13. The Morgan fingerprint density at radius 3 is 1.88 bits per heavy atom.